The third-order valence-corrected chi connectivity index (χ3v) is 7.62. The summed E-state index contributed by atoms with van der Waals surface area (Å²) >= 11 is 0. The zero-order valence-electron chi connectivity index (χ0n) is 28.0. The maximum absolute atomic E-state index is 12.6. The van der Waals surface area contributed by atoms with Gasteiger partial charge in [0.2, 0.25) is 11.8 Å². The van der Waals surface area contributed by atoms with Gasteiger partial charge in [-0.3, -0.25) is 19.2 Å². The second-order valence-corrected chi connectivity index (χ2v) is 12.2. The number of carbonyl (C=O) groups is 4. The van der Waals surface area contributed by atoms with Crippen LogP contribution >= 0.6 is 0 Å². The van der Waals surface area contributed by atoms with Crippen molar-refractivity contribution in [3.8, 4) is 5.75 Å². The topological polar surface area (TPSA) is 196 Å². The molecule has 0 aliphatic carbocycles. The Kier molecular flexibility index (Phi) is 14.2. The van der Waals surface area contributed by atoms with Crippen LogP contribution in [0.1, 0.15) is 92.3 Å². The number of anilines is 1. The van der Waals surface area contributed by atoms with Gasteiger partial charge in [0, 0.05) is 37.2 Å². The van der Waals surface area contributed by atoms with Crippen LogP contribution < -0.4 is 21.7 Å². The van der Waals surface area contributed by atoms with E-state index in [1.165, 1.54) is 0 Å². The molecule has 12 nitrogen and oxygen atoms in total. The quantitative estimate of drug-likeness (QED) is 0.0749. The van der Waals surface area contributed by atoms with Crippen molar-refractivity contribution in [3.05, 3.63) is 82.9 Å². The zero-order chi connectivity index (χ0) is 35.2. The minimum absolute atomic E-state index is 0.0320. The highest BCUT2D eigenvalue weighted by molar-refractivity contribution is 5.94. The predicted molar refractivity (Wildman–Crippen MR) is 185 cm³/mol. The number of phenols is 1. The van der Waals surface area contributed by atoms with Gasteiger partial charge in [0.25, 0.3) is 5.91 Å². The van der Waals surface area contributed by atoms with Gasteiger partial charge in [0.05, 0.1) is 17.4 Å². The van der Waals surface area contributed by atoms with Crippen LogP contribution in [0.5, 0.6) is 5.75 Å². The number of benzene rings is 3. The summed E-state index contributed by atoms with van der Waals surface area (Å²) in [5.74, 6) is -1.12. The van der Waals surface area contributed by atoms with Crippen molar-refractivity contribution in [2.24, 2.45) is 16.0 Å². The van der Waals surface area contributed by atoms with Gasteiger partial charge < -0.3 is 31.9 Å². The summed E-state index contributed by atoms with van der Waals surface area (Å²) in [6.07, 6.45) is 1.63. The molecule has 0 aliphatic heterocycles. The number of aromatic hydroxyl groups is 1. The lowest BCUT2D eigenvalue weighted by Crippen LogP contribution is -2.43. The van der Waals surface area contributed by atoms with Gasteiger partial charge in [0.1, 0.15) is 5.75 Å². The normalized spacial score (nSPS) is 11.9. The number of nitrogens with zero attached hydrogens (tertiary/aromatic N) is 2. The second-order valence-electron chi connectivity index (χ2n) is 12.2. The number of carboxylic acids is 1. The van der Waals surface area contributed by atoms with Crippen LogP contribution in [0.3, 0.4) is 0 Å². The predicted octanol–water partition coefficient (Wildman–Crippen LogP) is 6.05. The van der Waals surface area contributed by atoms with E-state index in [2.05, 4.69) is 53.9 Å². The van der Waals surface area contributed by atoms with Crippen molar-refractivity contribution in [1.82, 2.24) is 10.6 Å². The monoisotopic (exact) mass is 658 g/mol. The van der Waals surface area contributed by atoms with Crippen LogP contribution in [0.4, 0.5) is 17.1 Å². The average Bonchev–Trinajstić information content (AvgIpc) is 3.05. The zero-order valence-corrected chi connectivity index (χ0v) is 28.0. The van der Waals surface area contributed by atoms with E-state index >= 15 is 0 Å². The number of hydrogen-bond donors (Lipinski definition) is 6. The van der Waals surface area contributed by atoms with Crippen LogP contribution in [0, 0.1) is 0 Å². The molecule has 12 heteroatoms. The number of aryl methyl sites for hydroxylation is 1. The van der Waals surface area contributed by atoms with E-state index in [1.54, 1.807) is 48.5 Å². The first-order valence-electron chi connectivity index (χ1n) is 16.1. The summed E-state index contributed by atoms with van der Waals surface area (Å²) in [5.41, 5.74) is 10.8. The Hall–Kier alpha value is -5.10. The van der Waals surface area contributed by atoms with Crippen LogP contribution in [0.15, 0.2) is 70.9 Å². The van der Waals surface area contributed by atoms with Gasteiger partial charge in [-0.05, 0) is 96.3 Å². The SMILES string of the molecule is CC(C)c1cc(CCCC(=O)Nc2ccc(/N=N/c3ccc(C(=O)NCCNC(=O)C(N)CCC(=O)O)cc3)cc2)cc(C(C)C)c1O. The van der Waals surface area contributed by atoms with Gasteiger partial charge in [-0.2, -0.15) is 10.2 Å². The first-order chi connectivity index (χ1) is 22.8. The molecule has 0 aromatic heterocycles. The Morgan fingerprint density at radius 2 is 1.33 bits per heavy atom. The number of hydrogen-bond acceptors (Lipinski definition) is 8. The minimum atomic E-state index is -1.02. The maximum atomic E-state index is 12.6. The molecule has 0 saturated heterocycles. The van der Waals surface area contributed by atoms with Crippen molar-refractivity contribution in [1.29, 1.82) is 0 Å². The number of carbonyl (C=O) groups excluding carboxylic acids is 3. The fourth-order valence-electron chi connectivity index (χ4n) is 4.86. The number of aliphatic carboxylic acids is 1. The average molecular weight is 659 g/mol. The van der Waals surface area contributed by atoms with E-state index in [1.807, 2.05) is 12.1 Å². The molecule has 3 rings (SSSR count). The van der Waals surface area contributed by atoms with Gasteiger partial charge in [-0.1, -0.05) is 39.8 Å². The molecule has 0 heterocycles. The lowest BCUT2D eigenvalue weighted by atomic mass is 9.90. The molecule has 1 atom stereocenters. The Balaban J connectivity index is 1.42. The molecule has 48 heavy (non-hydrogen) atoms. The Morgan fingerprint density at radius 3 is 1.88 bits per heavy atom. The fourth-order valence-corrected chi connectivity index (χ4v) is 4.86. The highest BCUT2D eigenvalue weighted by atomic mass is 16.4. The van der Waals surface area contributed by atoms with Crippen LogP contribution in [-0.4, -0.2) is 53.0 Å². The molecule has 0 saturated carbocycles. The van der Waals surface area contributed by atoms with E-state index in [9.17, 15) is 24.3 Å². The molecule has 256 valence electrons. The van der Waals surface area contributed by atoms with Gasteiger partial charge in [-0.15, -0.1) is 0 Å². The summed E-state index contributed by atoms with van der Waals surface area (Å²) in [6.45, 7) is 8.58. The van der Waals surface area contributed by atoms with Gasteiger partial charge in [0.15, 0.2) is 0 Å². The summed E-state index contributed by atoms with van der Waals surface area (Å²) in [5, 5.41) is 35.9. The van der Waals surface area contributed by atoms with Crippen LogP contribution in [0.25, 0.3) is 0 Å². The number of nitrogens with one attached hydrogen (secondary N) is 3. The molecular weight excluding hydrogens is 612 g/mol. The molecular formula is C36H46N6O6. The first kappa shape index (κ1) is 37.4. The molecule has 0 aliphatic rings. The maximum Gasteiger partial charge on any atom is 0.303 e. The Bertz CT molecular complexity index is 1560. The number of nitrogens with two attached hydrogens (primary N) is 1. The molecule has 3 amide bonds. The Labute approximate surface area is 281 Å². The summed E-state index contributed by atoms with van der Waals surface area (Å²) in [4.78, 5) is 47.5. The van der Waals surface area contributed by atoms with E-state index in [0.717, 1.165) is 23.1 Å². The Morgan fingerprint density at radius 1 is 0.792 bits per heavy atom. The smallest absolute Gasteiger partial charge is 0.303 e. The van der Waals surface area contributed by atoms with Crippen molar-refractivity contribution < 1.29 is 29.4 Å². The molecule has 7 N–H and O–H groups in total. The largest absolute Gasteiger partial charge is 0.507 e. The molecule has 1 unspecified atom stereocenters. The van der Waals surface area contributed by atoms with Crippen molar-refractivity contribution >= 4 is 40.8 Å². The minimum Gasteiger partial charge on any atom is -0.507 e. The second kappa shape index (κ2) is 18.3. The number of phenolic OH excluding ortho intramolecular Hbond substituents is 1. The number of carboxylic acid groups (broad SMARTS) is 1. The molecule has 0 spiro atoms. The molecule has 3 aromatic rings. The van der Waals surface area contributed by atoms with E-state index in [4.69, 9.17) is 10.8 Å². The van der Waals surface area contributed by atoms with Gasteiger partial charge >= 0.3 is 5.97 Å². The third kappa shape index (κ3) is 11.9. The summed E-state index contributed by atoms with van der Waals surface area (Å²) in [7, 11) is 0. The highest BCUT2D eigenvalue weighted by Gasteiger charge is 2.16. The van der Waals surface area contributed by atoms with Crippen molar-refractivity contribution in [3.63, 3.8) is 0 Å². The molecule has 3 aromatic carbocycles. The molecule has 0 fully saturated rings. The van der Waals surface area contributed by atoms with Gasteiger partial charge in [-0.25, -0.2) is 0 Å². The lowest BCUT2D eigenvalue weighted by molar-refractivity contribution is -0.137. The van der Waals surface area contributed by atoms with E-state index in [-0.39, 0.29) is 49.6 Å². The third-order valence-electron chi connectivity index (χ3n) is 7.62. The van der Waals surface area contributed by atoms with E-state index in [0.29, 0.717) is 41.2 Å². The number of rotatable bonds is 17. The fraction of sp³-hybridized carbons (Fsp3) is 0.389. The number of azo groups is 1. The first-order valence-corrected chi connectivity index (χ1v) is 16.1. The summed E-state index contributed by atoms with van der Waals surface area (Å²) in [6, 6.07) is 16.7. The molecule has 0 radical (unpaired) electrons. The van der Waals surface area contributed by atoms with E-state index < -0.39 is 17.9 Å². The van der Waals surface area contributed by atoms with Crippen LogP contribution in [-0.2, 0) is 20.8 Å². The molecule has 0 bridgehead atoms. The standard InChI is InChI=1S/C36H46N6O6/c1-22(2)29-20-24(21-30(23(3)4)34(29)46)6-5-7-32(43)40-26-12-14-28(15-13-26)42-41-27-10-8-25(9-11-27)35(47)38-18-19-39-36(48)31(37)16-17-33(44)45/h8-15,20-23,31,46H,5-7,16-19,37H2,1-4H3,(H,38,47)(H,39,48)(H,40,43)(H,44,45)/b42-41+. The van der Waals surface area contributed by atoms with Crippen LogP contribution in [0.2, 0.25) is 0 Å². The number of amides is 3. The summed E-state index contributed by atoms with van der Waals surface area (Å²) < 4.78 is 0. The lowest BCUT2D eigenvalue weighted by Gasteiger charge is -2.17. The highest BCUT2D eigenvalue weighted by Crippen LogP contribution is 2.35. The van der Waals surface area contributed by atoms with Crippen molar-refractivity contribution in [2.75, 3.05) is 18.4 Å². The van der Waals surface area contributed by atoms with Crippen molar-refractivity contribution in [2.45, 2.75) is 77.7 Å².